The normalized spacial score (nSPS) is 41.7. The molecule has 0 radical (unpaired) electrons. The SMILES string of the molecule is C1CNC2CN(c3n[nH]c(C4C5CCCCC54)n3)CC2C1. The molecule has 2 saturated carbocycles. The van der Waals surface area contributed by atoms with Gasteiger partial charge in [-0.05, 0) is 50.0 Å². The highest BCUT2D eigenvalue weighted by Crippen LogP contribution is 2.60. The van der Waals surface area contributed by atoms with Gasteiger partial charge in [0.2, 0.25) is 5.95 Å². The first-order valence-electron chi connectivity index (χ1n) is 8.81. The summed E-state index contributed by atoms with van der Waals surface area (Å²) in [6.07, 6.45) is 8.32. The van der Waals surface area contributed by atoms with Gasteiger partial charge in [0, 0.05) is 25.0 Å². The first-order chi connectivity index (χ1) is 10.4. The summed E-state index contributed by atoms with van der Waals surface area (Å²) >= 11 is 0. The lowest BCUT2D eigenvalue weighted by Gasteiger charge is -2.24. The van der Waals surface area contributed by atoms with Gasteiger partial charge in [-0.3, -0.25) is 5.10 Å². The summed E-state index contributed by atoms with van der Waals surface area (Å²) in [4.78, 5) is 7.26. The molecule has 5 nitrogen and oxygen atoms in total. The molecule has 4 unspecified atom stereocenters. The fraction of sp³-hybridized carbons (Fsp3) is 0.875. The predicted molar refractivity (Wildman–Crippen MR) is 81.3 cm³/mol. The molecule has 4 atom stereocenters. The molecule has 114 valence electrons. The molecule has 0 amide bonds. The highest BCUT2D eigenvalue weighted by atomic mass is 15.4. The summed E-state index contributed by atoms with van der Waals surface area (Å²) in [6.45, 7) is 3.39. The summed E-state index contributed by atoms with van der Waals surface area (Å²) in [5, 5.41) is 11.5. The van der Waals surface area contributed by atoms with Crippen molar-refractivity contribution < 1.29 is 0 Å². The third kappa shape index (κ3) is 2.00. The van der Waals surface area contributed by atoms with Crippen LogP contribution in [0.1, 0.15) is 50.3 Å². The molecule has 21 heavy (non-hydrogen) atoms. The number of hydrogen-bond acceptors (Lipinski definition) is 4. The second kappa shape index (κ2) is 4.70. The Morgan fingerprint density at radius 2 is 1.86 bits per heavy atom. The minimum atomic E-state index is 0.657. The Bertz CT molecular complexity index is 500. The topological polar surface area (TPSA) is 56.8 Å². The number of aromatic nitrogens is 3. The van der Waals surface area contributed by atoms with Gasteiger partial charge in [0.15, 0.2) is 0 Å². The molecular formula is C16H25N5. The van der Waals surface area contributed by atoms with E-state index in [2.05, 4.69) is 20.4 Å². The van der Waals surface area contributed by atoms with E-state index >= 15 is 0 Å². The van der Waals surface area contributed by atoms with Crippen molar-refractivity contribution in [3.63, 3.8) is 0 Å². The van der Waals surface area contributed by atoms with Crippen LogP contribution in [0.3, 0.4) is 0 Å². The van der Waals surface area contributed by atoms with Crippen molar-refractivity contribution in [2.24, 2.45) is 17.8 Å². The summed E-state index contributed by atoms with van der Waals surface area (Å²) in [5.41, 5.74) is 0. The molecule has 5 rings (SSSR count). The molecule has 1 aromatic heterocycles. The van der Waals surface area contributed by atoms with E-state index in [1.54, 1.807) is 0 Å². The van der Waals surface area contributed by atoms with E-state index < -0.39 is 0 Å². The molecule has 1 aromatic rings. The molecule has 0 bridgehead atoms. The van der Waals surface area contributed by atoms with Crippen LogP contribution in [0.4, 0.5) is 5.95 Å². The van der Waals surface area contributed by atoms with Crippen molar-refractivity contribution in [3.05, 3.63) is 5.82 Å². The monoisotopic (exact) mass is 287 g/mol. The lowest BCUT2D eigenvalue weighted by molar-refractivity contribution is 0.340. The molecule has 3 heterocycles. The standard InChI is InChI=1S/C16H25N5/c1-2-6-12-11(5-1)14(12)15-18-16(20-19-15)21-8-10-4-3-7-17-13(10)9-21/h10-14,17H,1-9H2,(H,18,19,20). The molecule has 4 fully saturated rings. The third-order valence-corrected chi connectivity index (χ3v) is 6.35. The second-order valence-electron chi connectivity index (χ2n) is 7.53. The zero-order chi connectivity index (χ0) is 13.8. The average Bonchev–Trinajstić information content (AvgIpc) is 2.89. The molecule has 2 saturated heterocycles. The van der Waals surface area contributed by atoms with Gasteiger partial charge in [0.25, 0.3) is 0 Å². The average molecular weight is 287 g/mol. The van der Waals surface area contributed by atoms with Crippen molar-refractivity contribution >= 4 is 5.95 Å². The largest absolute Gasteiger partial charge is 0.338 e. The number of rotatable bonds is 2. The van der Waals surface area contributed by atoms with Crippen LogP contribution in [-0.4, -0.2) is 40.9 Å². The minimum Gasteiger partial charge on any atom is -0.338 e. The maximum absolute atomic E-state index is 4.87. The number of H-pyrrole nitrogens is 1. The Hall–Kier alpha value is -1.10. The van der Waals surface area contributed by atoms with Gasteiger partial charge in [-0.25, -0.2) is 0 Å². The quantitative estimate of drug-likeness (QED) is 0.872. The molecule has 0 aromatic carbocycles. The van der Waals surface area contributed by atoms with Gasteiger partial charge in [-0.2, -0.15) is 4.98 Å². The van der Waals surface area contributed by atoms with E-state index in [-0.39, 0.29) is 0 Å². The van der Waals surface area contributed by atoms with E-state index in [9.17, 15) is 0 Å². The maximum atomic E-state index is 4.87. The van der Waals surface area contributed by atoms with E-state index in [1.807, 2.05) is 0 Å². The van der Waals surface area contributed by atoms with Crippen LogP contribution in [-0.2, 0) is 0 Å². The minimum absolute atomic E-state index is 0.657. The number of hydrogen-bond donors (Lipinski definition) is 2. The number of fused-ring (bicyclic) bond motifs is 2. The number of aromatic amines is 1. The molecule has 4 aliphatic rings. The molecule has 0 spiro atoms. The van der Waals surface area contributed by atoms with Gasteiger partial charge in [0.1, 0.15) is 5.82 Å². The van der Waals surface area contributed by atoms with Crippen LogP contribution in [0, 0.1) is 17.8 Å². The van der Waals surface area contributed by atoms with E-state index in [4.69, 9.17) is 4.98 Å². The Kier molecular flexibility index (Phi) is 2.78. The highest BCUT2D eigenvalue weighted by Gasteiger charge is 2.53. The fourth-order valence-corrected chi connectivity index (χ4v) is 5.16. The lowest BCUT2D eigenvalue weighted by Crippen LogP contribution is -2.40. The van der Waals surface area contributed by atoms with Gasteiger partial charge < -0.3 is 10.2 Å². The Morgan fingerprint density at radius 3 is 2.67 bits per heavy atom. The summed E-state index contributed by atoms with van der Waals surface area (Å²) in [7, 11) is 0. The molecule has 5 heteroatoms. The van der Waals surface area contributed by atoms with Crippen molar-refractivity contribution in [3.8, 4) is 0 Å². The van der Waals surface area contributed by atoms with Gasteiger partial charge in [-0.1, -0.05) is 12.8 Å². The van der Waals surface area contributed by atoms with Crippen LogP contribution < -0.4 is 10.2 Å². The second-order valence-corrected chi connectivity index (χ2v) is 7.53. The van der Waals surface area contributed by atoms with Crippen LogP contribution in [0.2, 0.25) is 0 Å². The molecule has 2 aliphatic heterocycles. The summed E-state index contributed by atoms with van der Waals surface area (Å²) < 4.78 is 0. The smallest absolute Gasteiger partial charge is 0.244 e. The van der Waals surface area contributed by atoms with E-state index in [0.717, 1.165) is 36.8 Å². The van der Waals surface area contributed by atoms with Gasteiger partial charge >= 0.3 is 0 Å². The van der Waals surface area contributed by atoms with E-state index in [0.29, 0.717) is 12.0 Å². The zero-order valence-corrected chi connectivity index (χ0v) is 12.6. The van der Waals surface area contributed by atoms with Crippen molar-refractivity contribution in [1.82, 2.24) is 20.5 Å². The van der Waals surface area contributed by atoms with Crippen molar-refractivity contribution in [1.29, 1.82) is 0 Å². The highest BCUT2D eigenvalue weighted by molar-refractivity contribution is 5.34. The number of nitrogens with zero attached hydrogens (tertiary/aromatic N) is 3. The lowest BCUT2D eigenvalue weighted by atomic mass is 9.94. The van der Waals surface area contributed by atoms with Gasteiger partial charge in [0.05, 0.1) is 0 Å². The van der Waals surface area contributed by atoms with Crippen molar-refractivity contribution in [2.75, 3.05) is 24.5 Å². The van der Waals surface area contributed by atoms with Crippen LogP contribution in [0.25, 0.3) is 0 Å². The van der Waals surface area contributed by atoms with Crippen molar-refractivity contribution in [2.45, 2.75) is 50.5 Å². The number of piperidine rings is 1. The molecular weight excluding hydrogens is 262 g/mol. The molecule has 2 N–H and O–H groups in total. The first-order valence-corrected chi connectivity index (χ1v) is 8.81. The fourth-order valence-electron chi connectivity index (χ4n) is 5.16. The van der Waals surface area contributed by atoms with Gasteiger partial charge in [-0.15, -0.1) is 5.10 Å². The first kappa shape index (κ1) is 12.4. The molecule has 2 aliphatic carbocycles. The number of anilines is 1. The Labute approximate surface area is 125 Å². The third-order valence-electron chi connectivity index (χ3n) is 6.35. The van der Waals surface area contributed by atoms with Crippen LogP contribution in [0.5, 0.6) is 0 Å². The Morgan fingerprint density at radius 1 is 1.00 bits per heavy atom. The van der Waals surface area contributed by atoms with Crippen LogP contribution in [0.15, 0.2) is 0 Å². The van der Waals surface area contributed by atoms with Crippen LogP contribution >= 0.6 is 0 Å². The van der Waals surface area contributed by atoms with E-state index in [1.165, 1.54) is 50.9 Å². The number of nitrogens with one attached hydrogen (secondary N) is 2. The summed E-state index contributed by atoms with van der Waals surface area (Å²) in [5.74, 6) is 5.42. The Balaban J connectivity index is 1.30. The predicted octanol–water partition coefficient (Wildman–Crippen LogP) is 1.90. The summed E-state index contributed by atoms with van der Waals surface area (Å²) in [6, 6.07) is 0.657. The zero-order valence-electron chi connectivity index (χ0n) is 12.6. The maximum Gasteiger partial charge on any atom is 0.244 e.